The minimum absolute atomic E-state index is 0.0884. The molecule has 2 aromatic rings. The highest BCUT2D eigenvalue weighted by molar-refractivity contribution is 7.16. The molecule has 0 spiro atoms. The van der Waals surface area contributed by atoms with Crippen LogP contribution in [0.3, 0.4) is 0 Å². The molecule has 0 radical (unpaired) electrons. The first kappa shape index (κ1) is 15.8. The van der Waals surface area contributed by atoms with E-state index >= 15 is 0 Å². The number of anilines is 1. The van der Waals surface area contributed by atoms with Crippen LogP contribution >= 0.6 is 11.3 Å². The smallest absolute Gasteiger partial charge is 0.365 e. The van der Waals surface area contributed by atoms with Crippen LogP contribution in [-0.2, 0) is 0 Å². The lowest BCUT2D eigenvalue weighted by Gasteiger charge is -2.39. The first-order valence-corrected chi connectivity index (χ1v) is 7.95. The highest BCUT2D eigenvalue weighted by Crippen LogP contribution is 2.38. The number of carbonyl (C=O) groups is 1. The number of carboxylic acids is 1. The number of pyridine rings is 1. The monoisotopic (exact) mass is 339 g/mol. The van der Waals surface area contributed by atoms with Gasteiger partial charge in [0.15, 0.2) is 0 Å². The fourth-order valence-corrected chi connectivity index (χ4v) is 3.35. The molecule has 1 aliphatic rings. The zero-order valence-corrected chi connectivity index (χ0v) is 13.2. The van der Waals surface area contributed by atoms with Gasteiger partial charge in [-0.3, -0.25) is 0 Å². The van der Waals surface area contributed by atoms with Gasteiger partial charge in [-0.2, -0.15) is 0 Å². The third kappa shape index (κ3) is 3.17. The van der Waals surface area contributed by atoms with Gasteiger partial charge in [-0.15, -0.1) is 11.3 Å². The SMILES string of the molecule is CC1(Nc2cc(C(F)F)c(-c3cnc(C(=O)O)s3)cn2)CCC1. The van der Waals surface area contributed by atoms with E-state index in [2.05, 4.69) is 15.3 Å². The number of carboxylic acid groups (broad SMARTS) is 1. The number of thiazole rings is 1. The molecule has 0 aliphatic heterocycles. The summed E-state index contributed by atoms with van der Waals surface area (Å²) in [4.78, 5) is 19.2. The molecule has 0 atom stereocenters. The topological polar surface area (TPSA) is 75.1 Å². The van der Waals surface area contributed by atoms with Crippen LogP contribution < -0.4 is 5.32 Å². The van der Waals surface area contributed by atoms with Crippen LogP contribution in [0.1, 0.15) is 48.0 Å². The second kappa shape index (κ2) is 5.84. The Morgan fingerprint density at radius 2 is 2.13 bits per heavy atom. The standard InChI is InChI=1S/C15H15F2N3O2S/c1-15(3-2-4-15)20-11-5-8(12(16)17)9(6-18-11)10-7-19-13(23-10)14(21)22/h5-7,12H,2-4H2,1H3,(H,18,20)(H,21,22). The number of hydrogen-bond donors (Lipinski definition) is 2. The van der Waals surface area contributed by atoms with E-state index in [1.165, 1.54) is 18.5 Å². The third-order valence-electron chi connectivity index (χ3n) is 4.01. The molecule has 2 heterocycles. The second-order valence-electron chi connectivity index (χ2n) is 5.83. The lowest BCUT2D eigenvalue weighted by atomic mass is 9.78. The van der Waals surface area contributed by atoms with E-state index in [0.717, 1.165) is 30.6 Å². The largest absolute Gasteiger partial charge is 0.476 e. The van der Waals surface area contributed by atoms with E-state index in [9.17, 15) is 13.6 Å². The molecule has 23 heavy (non-hydrogen) atoms. The summed E-state index contributed by atoms with van der Waals surface area (Å²) in [6.07, 6.45) is 3.04. The van der Waals surface area contributed by atoms with Crippen LogP contribution in [0.25, 0.3) is 10.4 Å². The zero-order chi connectivity index (χ0) is 16.6. The number of alkyl halides is 2. The average Bonchev–Trinajstić information content (AvgIpc) is 2.95. The number of hydrogen-bond acceptors (Lipinski definition) is 5. The Morgan fingerprint density at radius 1 is 1.39 bits per heavy atom. The predicted octanol–water partition coefficient (Wildman–Crippen LogP) is 4.20. The van der Waals surface area contributed by atoms with Crippen molar-refractivity contribution >= 4 is 23.1 Å². The van der Waals surface area contributed by atoms with Gasteiger partial charge in [0.25, 0.3) is 6.43 Å². The summed E-state index contributed by atoms with van der Waals surface area (Å²) in [5.41, 5.74) is -0.0465. The maximum Gasteiger partial charge on any atom is 0.365 e. The number of halogens is 2. The van der Waals surface area contributed by atoms with E-state index in [4.69, 9.17) is 5.11 Å². The molecular weight excluding hydrogens is 324 g/mol. The summed E-state index contributed by atoms with van der Waals surface area (Å²) in [6.45, 7) is 2.04. The quantitative estimate of drug-likeness (QED) is 0.854. The summed E-state index contributed by atoms with van der Waals surface area (Å²) in [5, 5.41) is 12.0. The fraction of sp³-hybridized carbons (Fsp3) is 0.400. The summed E-state index contributed by atoms with van der Waals surface area (Å²) in [5.74, 6) is -0.766. The number of nitrogens with zero attached hydrogens (tertiary/aromatic N) is 2. The van der Waals surface area contributed by atoms with E-state index in [1.807, 2.05) is 6.92 Å². The van der Waals surface area contributed by atoms with Gasteiger partial charge in [0.1, 0.15) is 5.82 Å². The third-order valence-corrected chi connectivity index (χ3v) is 5.03. The summed E-state index contributed by atoms with van der Waals surface area (Å²) in [7, 11) is 0. The minimum atomic E-state index is -2.68. The highest BCUT2D eigenvalue weighted by atomic mass is 32.1. The van der Waals surface area contributed by atoms with Crippen LogP contribution in [0, 0.1) is 0 Å². The summed E-state index contributed by atoms with van der Waals surface area (Å²) < 4.78 is 26.8. The maximum atomic E-state index is 13.4. The van der Waals surface area contributed by atoms with Gasteiger partial charge in [-0.25, -0.2) is 23.5 Å². The van der Waals surface area contributed by atoms with Crippen molar-refractivity contribution < 1.29 is 18.7 Å². The Kier molecular flexibility index (Phi) is 4.01. The Morgan fingerprint density at radius 3 is 2.65 bits per heavy atom. The zero-order valence-electron chi connectivity index (χ0n) is 12.3. The Labute approximate surface area is 135 Å². The van der Waals surface area contributed by atoms with Gasteiger partial charge in [0.05, 0.1) is 4.88 Å². The van der Waals surface area contributed by atoms with Crippen molar-refractivity contribution in [1.29, 1.82) is 0 Å². The average molecular weight is 339 g/mol. The molecule has 3 rings (SSSR count). The molecule has 122 valence electrons. The van der Waals surface area contributed by atoms with E-state index in [1.54, 1.807) is 0 Å². The normalized spacial score (nSPS) is 16.2. The highest BCUT2D eigenvalue weighted by Gasteiger charge is 2.32. The molecule has 5 nitrogen and oxygen atoms in total. The molecule has 0 saturated heterocycles. The van der Waals surface area contributed by atoms with Gasteiger partial charge in [-0.05, 0) is 32.3 Å². The van der Waals surface area contributed by atoms with E-state index in [-0.39, 0.29) is 21.7 Å². The summed E-state index contributed by atoms with van der Waals surface area (Å²) >= 11 is 0.856. The van der Waals surface area contributed by atoms with Crippen molar-refractivity contribution in [3.8, 4) is 10.4 Å². The lowest BCUT2D eigenvalue weighted by molar-refractivity contribution is 0.0696. The molecule has 2 aromatic heterocycles. The number of aromatic nitrogens is 2. The van der Waals surface area contributed by atoms with Crippen molar-refractivity contribution in [3.63, 3.8) is 0 Å². The Bertz CT molecular complexity index is 744. The van der Waals surface area contributed by atoms with Crippen molar-refractivity contribution in [2.45, 2.75) is 38.2 Å². The van der Waals surface area contributed by atoms with Crippen LogP contribution in [-0.4, -0.2) is 26.6 Å². The minimum Gasteiger partial charge on any atom is -0.476 e. The lowest BCUT2D eigenvalue weighted by Crippen LogP contribution is -2.41. The Balaban J connectivity index is 1.94. The van der Waals surface area contributed by atoms with Crippen molar-refractivity contribution in [3.05, 3.63) is 29.0 Å². The second-order valence-corrected chi connectivity index (χ2v) is 6.86. The van der Waals surface area contributed by atoms with Crippen molar-refractivity contribution in [1.82, 2.24) is 9.97 Å². The number of nitrogens with one attached hydrogen (secondary N) is 1. The molecule has 0 amide bonds. The molecule has 8 heteroatoms. The molecule has 0 unspecified atom stereocenters. The first-order valence-electron chi connectivity index (χ1n) is 7.14. The molecule has 1 aliphatic carbocycles. The van der Waals surface area contributed by atoms with Crippen molar-refractivity contribution in [2.24, 2.45) is 0 Å². The maximum absolute atomic E-state index is 13.4. The number of rotatable bonds is 5. The Hall–Kier alpha value is -2.09. The van der Waals surface area contributed by atoms with Gasteiger partial charge in [-0.1, -0.05) is 0 Å². The predicted molar refractivity (Wildman–Crippen MR) is 83.1 cm³/mol. The number of aromatic carboxylic acids is 1. The molecule has 1 fully saturated rings. The molecule has 0 bridgehead atoms. The van der Waals surface area contributed by atoms with Crippen LogP contribution in [0.5, 0.6) is 0 Å². The van der Waals surface area contributed by atoms with Crippen LogP contribution in [0.2, 0.25) is 0 Å². The molecule has 2 N–H and O–H groups in total. The van der Waals surface area contributed by atoms with Gasteiger partial charge < -0.3 is 10.4 Å². The molecule has 1 saturated carbocycles. The van der Waals surface area contributed by atoms with Crippen LogP contribution in [0.15, 0.2) is 18.5 Å². The summed E-state index contributed by atoms with van der Waals surface area (Å²) in [6, 6.07) is 1.34. The van der Waals surface area contributed by atoms with E-state index in [0.29, 0.717) is 10.7 Å². The molecular formula is C15H15F2N3O2S. The van der Waals surface area contributed by atoms with Gasteiger partial charge >= 0.3 is 5.97 Å². The van der Waals surface area contributed by atoms with Gasteiger partial charge in [0.2, 0.25) is 5.01 Å². The van der Waals surface area contributed by atoms with Gasteiger partial charge in [0, 0.05) is 29.1 Å². The van der Waals surface area contributed by atoms with Crippen LogP contribution in [0.4, 0.5) is 14.6 Å². The molecule has 0 aromatic carbocycles. The first-order chi connectivity index (χ1) is 10.9. The van der Waals surface area contributed by atoms with Crippen molar-refractivity contribution in [2.75, 3.05) is 5.32 Å². The fourth-order valence-electron chi connectivity index (χ4n) is 2.56. The van der Waals surface area contributed by atoms with E-state index < -0.39 is 12.4 Å².